The van der Waals surface area contributed by atoms with Crippen molar-refractivity contribution in [1.82, 2.24) is 9.47 Å². The van der Waals surface area contributed by atoms with Crippen molar-refractivity contribution in [3.8, 4) is 0 Å². The average Bonchev–Trinajstić information content (AvgIpc) is 3.38. The fourth-order valence-electron chi connectivity index (χ4n) is 5.29. The van der Waals surface area contributed by atoms with Gasteiger partial charge in [0.1, 0.15) is 11.4 Å². The molecule has 1 aromatic heterocycles. The third-order valence-electron chi connectivity index (χ3n) is 7.16. The topological polar surface area (TPSA) is 68.6 Å². The average molecular weight is 582 g/mol. The molecule has 6 rings (SSSR count). The molecule has 1 spiro atoms. The number of hydrogen-bond acceptors (Lipinski definition) is 4. The Morgan fingerprint density at radius 2 is 1.73 bits per heavy atom. The molecule has 0 saturated carbocycles. The number of carbonyl (C=O) groups excluding carboxylic acids is 3. The lowest BCUT2D eigenvalue weighted by molar-refractivity contribution is -0.0389. The lowest BCUT2D eigenvalue weighted by Crippen LogP contribution is -2.45. The normalized spacial score (nSPS) is 16.2. The van der Waals surface area contributed by atoms with E-state index in [1.165, 1.54) is 29.0 Å². The molecule has 9 heteroatoms. The van der Waals surface area contributed by atoms with E-state index in [0.29, 0.717) is 53.0 Å². The Morgan fingerprint density at radius 1 is 0.973 bits per heavy atom. The Bertz CT molecular complexity index is 1620. The van der Waals surface area contributed by atoms with Crippen molar-refractivity contribution in [1.29, 1.82) is 0 Å². The zero-order valence-corrected chi connectivity index (χ0v) is 21.7. The number of ether oxygens (including phenoxy) is 1. The number of hydrogen-bond donors (Lipinski definition) is 0. The number of rotatable bonds is 2. The maximum Gasteiger partial charge on any atom is 0.339 e. The number of aromatic nitrogens is 1. The van der Waals surface area contributed by atoms with Crippen molar-refractivity contribution in [2.45, 2.75) is 18.4 Å². The molecule has 6 nitrogen and oxygen atoms in total. The minimum absolute atomic E-state index is 0.105. The van der Waals surface area contributed by atoms with Crippen LogP contribution in [0.3, 0.4) is 0 Å². The summed E-state index contributed by atoms with van der Waals surface area (Å²) in [4.78, 5) is 41.1. The summed E-state index contributed by atoms with van der Waals surface area (Å²) in [5.41, 5.74) is 1.26. The first kappa shape index (κ1) is 23.9. The third-order valence-corrected chi connectivity index (χ3v) is 7.89. The summed E-state index contributed by atoms with van der Waals surface area (Å²) < 4.78 is 22.3. The van der Waals surface area contributed by atoms with Crippen molar-refractivity contribution in [2.24, 2.45) is 0 Å². The van der Waals surface area contributed by atoms with Crippen molar-refractivity contribution in [3.63, 3.8) is 0 Å². The Hall–Kier alpha value is -3.49. The van der Waals surface area contributed by atoms with Crippen LogP contribution in [0.15, 0.2) is 71.3 Å². The SMILES string of the molecule is O=C1OC2(CCN(C(=O)c3cn(C(=O)c4ccccc4F)c4cc(Cl)ccc34)CC2)c2ccc(Br)cc21. The molecule has 2 aliphatic heterocycles. The number of benzene rings is 3. The number of piperidine rings is 1. The van der Waals surface area contributed by atoms with Gasteiger partial charge in [-0.05, 0) is 36.4 Å². The monoisotopic (exact) mass is 580 g/mol. The van der Waals surface area contributed by atoms with E-state index >= 15 is 0 Å². The lowest BCUT2D eigenvalue weighted by Gasteiger charge is -2.38. The van der Waals surface area contributed by atoms with Crippen molar-refractivity contribution in [2.75, 3.05) is 13.1 Å². The zero-order chi connectivity index (χ0) is 25.9. The van der Waals surface area contributed by atoms with E-state index in [9.17, 15) is 18.8 Å². The van der Waals surface area contributed by atoms with Crippen LogP contribution in [0.25, 0.3) is 10.9 Å². The molecule has 2 aliphatic rings. The molecular formula is C28H19BrClFN2O4. The van der Waals surface area contributed by atoms with Crippen LogP contribution in [0.2, 0.25) is 5.02 Å². The van der Waals surface area contributed by atoms with E-state index in [-0.39, 0.29) is 17.4 Å². The number of likely N-dealkylation sites (tertiary alicyclic amines) is 1. The standard InChI is InChI=1S/C28H19BrClFN2O4/c29-16-5-8-22-20(13-16)27(36)37-28(22)9-11-32(12-10-28)25(34)21-15-33(24-14-17(30)6-7-18(21)24)26(35)19-3-1-2-4-23(19)31/h1-8,13-15H,9-12H2. The van der Waals surface area contributed by atoms with Gasteiger partial charge in [-0.3, -0.25) is 14.2 Å². The van der Waals surface area contributed by atoms with E-state index in [1.807, 2.05) is 12.1 Å². The molecule has 3 aromatic carbocycles. The summed E-state index contributed by atoms with van der Waals surface area (Å²) in [5.74, 6) is -1.86. The molecule has 4 aromatic rings. The minimum Gasteiger partial charge on any atom is -0.450 e. The second-order valence-electron chi connectivity index (χ2n) is 9.23. The summed E-state index contributed by atoms with van der Waals surface area (Å²) in [7, 11) is 0. The molecule has 0 radical (unpaired) electrons. The molecule has 1 fully saturated rings. The number of esters is 1. The van der Waals surface area contributed by atoms with Gasteiger partial charge in [0.2, 0.25) is 0 Å². The fraction of sp³-hybridized carbons (Fsp3) is 0.179. The van der Waals surface area contributed by atoms with Crippen LogP contribution in [0, 0.1) is 5.82 Å². The highest BCUT2D eigenvalue weighted by atomic mass is 79.9. The van der Waals surface area contributed by atoms with Crippen molar-refractivity contribution >= 4 is 56.2 Å². The van der Waals surface area contributed by atoms with Crippen LogP contribution in [0.5, 0.6) is 0 Å². The molecule has 0 unspecified atom stereocenters. The Morgan fingerprint density at radius 3 is 2.49 bits per heavy atom. The number of nitrogens with zero attached hydrogens (tertiary/aromatic N) is 2. The van der Waals surface area contributed by atoms with Gasteiger partial charge in [0, 0.05) is 52.6 Å². The Balaban J connectivity index is 1.32. The van der Waals surface area contributed by atoms with E-state index in [0.717, 1.165) is 10.0 Å². The number of halogens is 3. The summed E-state index contributed by atoms with van der Waals surface area (Å²) in [6, 6.07) is 16.2. The van der Waals surface area contributed by atoms with Gasteiger partial charge in [-0.2, -0.15) is 0 Å². The number of fused-ring (bicyclic) bond motifs is 3. The van der Waals surface area contributed by atoms with Crippen LogP contribution in [-0.2, 0) is 10.3 Å². The van der Waals surface area contributed by atoms with Crippen molar-refractivity contribution < 1.29 is 23.5 Å². The second kappa shape index (κ2) is 8.82. The third kappa shape index (κ3) is 3.86. The first-order valence-electron chi connectivity index (χ1n) is 11.7. The van der Waals surface area contributed by atoms with Gasteiger partial charge in [0.15, 0.2) is 0 Å². The molecule has 1 amide bonds. The van der Waals surface area contributed by atoms with E-state index < -0.39 is 17.3 Å². The van der Waals surface area contributed by atoms with Crippen LogP contribution >= 0.6 is 27.5 Å². The molecule has 0 bridgehead atoms. The quantitative estimate of drug-likeness (QED) is 0.265. The molecule has 0 aliphatic carbocycles. The first-order valence-corrected chi connectivity index (χ1v) is 12.9. The molecule has 186 valence electrons. The lowest BCUT2D eigenvalue weighted by atomic mass is 9.83. The highest BCUT2D eigenvalue weighted by molar-refractivity contribution is 9.10. The van der Waals surface area contributed by atoms with Gasteiger partial charge < -0.3 is 9.64 Å². The molecular weight excluding hydrogens is 563 g/mol. The smallest absolute Gasteiger partial charge is 0.339 e. The van der Waals surface area contributed by atoms with Gasteiger partial charge >= 0.3 is 5.97 Å². The van der Waals surface area contributed by atoms with Gasteiger partial charge in [-0.25, -0.2) is 9.18 Å². The van der Waals surface area contributed by atoms with Crippen LogP contribution in [0.4, 0.5) is 4.39 Å². The molecule has 3 heterocycles. The second-order valence-corrected chi connectivity index (χ2v) is 10.6. The van der Waals surface area contributed by atoms with E-state index in [2.05, 4.69) is 15.9 Å². The first-order chi connectivity index (χ1) is 17.8. The largest absolute Gasteiger partial charge is 0.450 e. The Labute approximate surface area is 224 Å². The van der Waals surface area contributed by atoms with Gasteiger partial charge in [-0.15, -0.1) is 0 Å². The maximum atomic E-state index is 14.4. The summed E-state index contributed by atoms with van der Waals surface area (Å²) in [6.45, 7) is 0.728. The minimum atomic E-state index is -0.758. The van der Waals surface area contributed by atoms with Crippen LogP contribution in [0.1, 0.15) is 49.5 Å². The highest BCUT2D eigenvalue weighted by Crippen LogP contribution is 2.45. The molecule has 0 atom stereocenters. The van der Waals surface area contributed by atoms with Crippen LogP contribution in [-0.4, -0.2) is 40.3 Å². The summed E-state index contributed by atoms with van der Waals surface area (Å²) >= 11 is 9.60. The van der Waals surface area contributed by atoms with Gasteiger partial charge in [0.05, 0.1) is 22.2 Å². The maximum absolute atomic E-state index is 14.4. The predicted molar refractivity (Wildman–Crippen MR) is 139 cm³/mol. The van der Waals surface area contributed by atoms with Crippen molar-refractivity contribution in [3.05, 3.63) is 104 Å². The number of amides is 1. The van der Waals surface area contributed by atoms with Gasteiger partial charge in [0.25, 0.3) is 11.8 Å². The summed E-state index contributed by atoms with van der Waals surface area (Å²) in [6.07, 6.45) is 2.36. The zero-order valence-electron chi connectivity index (χ0n) is 19.3. The summed E-state index contributed by atoms with van der Waals surface area (Å²) in [5, 5.41) is 0.933. The Kier molecular flexibility index (Phi) is 5.69. The molecule has 1 saturated heterocycles. The van der Waals surface area contributed by atoms with E-state index in [1.54, 1.807) is 35.2 Å². The number of carbonyl (C=O) groups is 3. The highest BCUT2D eigenvalue weighted by Gasteiger charge is 2.48. The molecule has 37 heavy (non-hydrogen) atoms. The fourth-order valence-corrected chi connectivity index (χ4v) is 5.81. The van der Waals surface area contributed by atoms with Gasteiger partial charge in [-0.1, -0.05) is 51.8 Å². The molecule has 0 N–H and O–H groups in total. The van der Waals surface area contributed by atoms with E-state index in [4.69, 9.17) is 16.3 Å². The van der Waals surface area contributed by atoms with Crippen LogP contribution < -0.4 is 0 Å². The predicted octanol–water partition coefficient (Wildman–Crippen LogP) is 6.19.